The van der Waals surface area contributed by atoms with Gasteiger partial charge in [0, 0.05) is 45.5 Å². The highest BCUT2D eigenvalue weighted by Crippen LogP contribution is 2.15. The van der Waals surface area contributed by atoms with Crippen molar-refractivity contribution in [1.29, 1.82) is 0 Å². The first-order valence-electron chi connectivity index (χ1n) is 7.95. The molecule has 1 aromatic rings. The van der Waals surface area contributed by atoms with Crippen LogP contribution in [0, 0.1) is 5.92 Å². The number of piperazine rings is 1. The molecule has 2 aliphatic heterocycles. The van der Waals surface area contributed by atoms with Gasteiger partial charge in [0.1, 0.15) is 0 Å². The molecule has 3 rings (SSSR count). The van der Waals surface area contributed by atoms with Crippen LogP contribution in [0.4, 0.5) is 0 Å². The van der Waals surface area contributed by atoms with Gasteiger partial charge in [-0.05, 0) is 31.5 Å². The summed E-state index contributed by atoms with van der Waals surface area (Å²) in [6.45, 7) is 6.39. The lowest BCUT2D eigenvalue weighted by Crippen LogP contribution is -2.51. The molecule has 0 aliphatic carbocycles. The fourth-order valence-electron chi connectivity index (χ4n) is 3.17. The monoisotopic (exact) mass is 288 g/mol. The summed E-state index contributed by atoms with van der Waals surface area (Å²) in [6.07, 6.45) is 4.00. The Morgan fingerprint density at radius 2 is 2.14 bits per heavy atom. The Morgan fingerprint density at radius 1 is 1.29 bits per heavy atom. The molecule has 0 bridgehead atoms. The van der Waals surface area contributed by atoms with Gasteiger partial charge in [0.25, 0.3) is 0 Å². The minimum atomic E-state index is 0.195. The van der Waals surface area contributed by atoms with Crippen molar-refractivity contribution in [2.45, 2.75) is 19.4 Å². The van der Waals surface area contributed by atoms with E-state index in [0.717, 1.165) is 64.3 Å². The molecule has 1 N–H and O–H groups in total. The van der Waals surface area contributed by atoms with Gasteiger partial charge in [-0.2, -0.15) is 0 Å². The third kappa shape index (κ3) is 3.80. The summed E-state index contributed by atoms with van der Waals surface area (Å²) in [6, 6.07) is 6.03. The van der Waals surface area contributed by atoms with Crippen molar-refractivity contribution >= 4 is 5.91 Å². The van der Waals surface area contributed by atoms with Crippen LogP contribution in [0.1, 0.15) is 18.5 Å². The average Bonchev–Trinajstić information content (AvgIpc) is 2.57. The van der Waals surface area contributed by atoms with Crippen LogP contribution < -0.4 is 5.32 Å². The van der Waals surface area contributed by atoms with Gasteiger partial charge in [0.2, 0.25) is 5.91 Å². The molecule has 0 radical (unpaired) electrons. The number of carbonyl (C=O) groups is 1. The van der Waals surface area contributed by atoms with Gasteiger partial charge in [0.05, 0.1) is 11.6 Å². The number of hydrogen-bond donors (Lipinski definition) is 1. The molecule has 1 amide bonds. The molecule has 0 spiro atoms. The second-order valence-corrected chi connectivity index (χ2v) is 5.97. The molecule has 3 heterocycles. The van der Waals surface area contributed by atoms with Crippen molar-refractivity contribution in [2.75, 3.05) is 39.3 Å². The largest absolute Gasteiger partial charge is 0.340 e. The van der Waals surface area contributed by atoms with Gasteiger partial charge in [-0.3, -0.25) is 14.7 Å². The van der Waals surface area contributed by atoms with E-state index < -0.39 is 0 Å². The summed E-state index contributed by atoms with van der Waals surface area (Å²) in [5.74, 6) is 0.542. The first-order chi connectivity index (χ1) is 10.3. The van der Waals surface area contributed by atoms with Crippen molar-refractivity contribution in [3.8, 4) is 0 Å². The van der Waals surface area contributed by atoms with Crippen molar-refractivity contribution in [3.63, 3.8) is 0 Å². The van der Waals surface area contributed by atoms with Crippen LogP contribution in [0.5, 0.6) is 0 Å². The Labute approximate surface area is 126 Å². The lowest BCUT2D eigenvalue weighted by molar-refractivity contribution is -0.137. The van der Waals surface area contributed by atoms with Crippen molar-refractivity contribution < 1.29 is 4.79 Å². The summed E-state index contributed by atoms with van der Waals surface area (Å²) < 4.78 is 0. The van der Waals surface area contributed by atoms with Gasteiger partial charge in [0.15, 0.2) is 0 Å². The van der Waals surface area contributed by atoms with E-state index in [1.807, 2.05) is 23.2 Å². The predicted molar refractivity (Wildman–Crippen MR) is 81.7 cm³/mol. The minimum absolute atomic E-state index is 0.195. The first-order valence-corrected chi connectivity index (χ1v) is 7.95. The molecule has 5 nitrogen and oxygen atoms in total. The second kappa shape index (κ2) is 7.00. The predicted octanol–water partition coefficient (Wildman–Crippen LogP) is 0.725. The number of aromatic nitrogens is 1. The molecule has 2 aliphatic rings. The molecule has 2 fully saturated rings. The molecular weight excluding hydrogens is 264 g/mol. The van der Waals surface area contributed by atoms with E-state index in [0.29, 0.717) is 5.91 Å². The molecule has 0 saturated carbocycles. The highest BCUT2D eigenvalue weighted by atomic mass is 16.2. The number of piperidine rings is 1. The fraction of sp³-hybridized carbons (Fsp3) is 0.625. The van der Waals surface area contributed by atoms with Crippen LogP contribution in [-0.2, 0) is 11.3 Å². The standard InChI is InChI=1S/C16H24N4O/c21-16(14-4-3-6-17-12-14)20-10-8-19(9-11-20)13-15-5-1-2-7-18-15/h1-2,5,7,14,17H,3-4,6,8-13H2. The normalized spacial score (nSPS) is 24.0. The zero-order valence-corrected chi connectivity index (χ0v) is 12.5. The maximum Gasteiger partial charge on any atom is 0.227 e. The number of rotatable bonds is 3. The van der Waals surface area contributed by atoms with E-state index >= 15 is 0 Å². The molecule has 0 aromatic carbocycles. The first kappa shape index (κ1) is 14.5. The quantitative estimate of drug-likeness (QED) is 0.890. The smallest absolute Gasteiger partial charge is 0.227 e. The van der Waals surface area contributed by atoms with Crippen LogP contribution in [0.3, 0.4) is 0 Å². The van der Waals surface area contributed by atoms with Crippen LogP contribution >= 0.6 is 0 Å². The minimum Gasteiger partial charge on any atom is -0.340 e. The molecule has 114 valence electrons. The Bertz CT molecular complexity index is 451. The number of amides is 1. The summed E-state index contributed by atoms with van der Waals surface area (Å²) in [5, 5.41) is 3.33. The highest BCUT2D eigenvalue weighted by molar-refractivity contribution is 5.79. The SMILES string of the molecule is O=C(C1CCCNC1)N1CCN(Cc2ccccn2)CC1. The molecule has 1 aromatic heterocycles. The van der Waals surface area contributed by atoms with Gasteiger partial charge in [-0.1, -0.05) is 6.07 Å². The Morgan fingerprint density at radius 3 is 2.81 bits per heavy atom. The number of nitrogens with zero attached hydrogens (tertiary/aromatic N) is 3. The Kier molecular flexibility index (Phi) is 4.83. The number of carbonyl (C=O) groups excluding carboxylic acids is 1. The Balaban J connectivity index is 1.47. The maximum atomic E-state index is 12.5. The van der Waals surface area contributed by atoms with Gasteiger partial charge in [-0.15, -0.1) is 0 Å². The lowest BCUT2D eigenvalue weighted by atomic mass is 9.98. The highest BCUT2D eigenvalue weighted by Gasteiger charge is 2.28. The summed E-state index contributed by atoms with van der Waals surface area (Å²) in [7, 11) is 0. The third-order valence-corrected chi connectivity index (χ3v) is 4.44. The third-order valence-electron chi connectivity index (χ3n) is 4.44. The van der Waals surface area contributed by atoms with E-state index in [-0.39, 0.29) is 5.92 Å². The number of nitrogens with one attached hydrogen (secondary N) is 1. The molecule has 1 atom stereocenters. The van der Waals surface area contributed by atoms with Gasteiger partial charge < -0.3 is 10.2 Å². The zero-order chi connectivity index (χ0) is 14.5. The van der Waals surface area contributed by atoms with E-state index in [9.17, 15) is 4.79 Å². The van der Waals surface area contributed by atoms with E-state index in [4.69, 9.17) is 0 Å². The van der Waals surface area contributed by atoms with Crippen LogP contribution in [0.25, 0.3) is 0 Å². The van der Waals surface area contributed by atoms with Crippen LogP contribution in [0.2, 0.25) is 0 Å². The van der Waals surface area contributed by atoms with Crippen LogP contribution in [-0.4, -0.2) is 60.0 Å². The molecule has 2 saturated heterocycles. The van der Waals surface area contributed by atoms with Crippen LogP contribution in [0.15, 0.2) is 24.4 Å². The van der Waals surface area contributed by atoms with Crippen molar-refractivity contribution in [3.05, 3.63) is 30.1 Å². The van der Waals surface area contributed by atoms with E-state index in [1.54, 1.807) is 0 Å². The zero-order valence-electron chi connectivity index (χ0n) is 12.5. The van der Waals surface area contributed by atoms with E-state index in [2.05, 4.69) is 21.3 Å². The maximum absolute atomic E-state index is 12.5. The topological polar surface area (TPSA) is 48.5 Å². The van der Waals surface area contributed by atoms with Gasteiger partial charge >= 0.3 is 0 Å². The van der Waals surface area contributed by atoms with Crippen molar-refractivity contribution in [2.24, 2.45) is 5.92 Å². The molecule has 1 unspecified atom stereocenters. The Hall–Kier alpha value is -1.46. The summed E-state index contributed by atoms with van der Waals surface area (Å²) >= 11 is 0. The van der Waals surface area contributed by atoms with E-state index in [1.165, 1.54) is 0 Å². The second-order valence-electron chi connectivity index (χ2n) is 5.97. The summed E-state index contributed by atoms with van der Waals surface area (Å²) in [4.78, 5) is 21.3. The summed E-state index contributed by atoms with van der Waals surface area (Å²) in [5.41, 5.74) is 1.11. The lowest BCUT2D eigenvalue weighted by Gasteiger charge is -2.37. The molecular formula is C16H24N4O. The molecule has 5 heteroatoms. The fourth-order valence-corrected chi connectivity index (χ4v) is 3.17. The van der Waals surface area contributed by atoms with Crippen molar-refractivity contribution in [1.82, 2.24) is 20.1 Å². The van der Waals surface area contributed by atoms with Gasteiger partial charge in [-0.25, -0.2) is 0 Å². The number of hydrogen-bond acceptors (Lipinski definition) is 4. The number of pyridine rings is 1. The molecule has 21 heavy (non-hydrogen) atoms. The average molecular weight is 288 g/mol.